The summed E-state index contributed by atoms with van der Waals surface area (Å²) in [5.74, 6) is 6.30. The third-order valence-electron chi connectivity index (χ3n) is 5.05. The molecule has 1 fully saturated rings. The number of ether oxygens (including phenoxy) is 1. The van der Waals surface area contributed by atoms with Gasteiger partial charge in [-0.25, -0.2) is 0 Å². The second-order valence-electron chi connectivity index (χ2n) is 6.96. The summed E-state index contributed by atoms with van der Waals surface area (Å²) in [5, 5.41) is 3.03. The van der Waals surface area contributed by atoms with E-state index in [1.54, 1.807) is 0 Å². The largest absolute Gasteiger partial charge is 0.381 e. The Labute approximate surface area is 161 Å². The standard InChI is InChI=1S/C23H26N2O2/c1-25(2)21-13-7-6-9-19(21)10-8-16-24-22(26)23(14-17-27-18-15-23)20-11-4-3-5-12-20/h3-7,9,11-13H,14-18H2,1-2H3,(H,24,26). The summed E-state index contributed by atoms with van der Waals surface area (Å²) in [7, 11) is 3.99. The highest BCUT2D eigenvalue weighted by Crippen LogP contribution is 2.35. The second-order valence-corrected chi connectivity index (χ2v) is 6.96. The van der Waals surface area contributed by atoms with Crippen molar-refractivity contribution in [3.63, 3.8) is 0 Å². The smallest absolute Gasteiger partial charge is 0.231 e. The average molecular weight is 362 g/mol. The number of carbonyl (C=O) groups is 1. The number of anilines is 1. The molecule has 0 radical (unpaired) electrons. The van der Waals surface area contributed by atoms with E-state index in [1.165, 1.54) is 0 Å². The van der Waals surface area contributed by atoms with Crippen molar-refractivity contribution >= 4 is 11.6 Å². The van der Waals surface area contributed by atoms with E-state index in [0.717, 1.165) is 16.8 Å². The molecule has 1 amide bonds. The zero-order valence-corrected chi connectivity index (χ0v) is 16.0. The average Bonchev–Trinajstić information content (AvgIpc) is 2.72. The first-order valence-electron chi connectivity index (χ1n) is 9.30. The van der Waals surface area contributed by atoms with Crippen LogP contribution < -0.4 is 10.2 Å². The van der Waals surface area contributed by atoms with Gasteiger partial charge in [-0.15, -0.1) is 0 Å². The van der Waals surface area contributed by atoms with Gasteiger partial charge in [-0.1, -0.05) is 54.3 Å². The Morgan fingerprint density at radius 1 is 1.07 bits per heavy atom. The number of nitrogens with one attached hydrogen (secondary N) is 1. The molecule has 0 saturated carbocycles. The first-order valence-corrected chi connectivity index (χ1v) is 9.30. The summed E-state index contributed by atoms with van der Waals surface area (Å²) in [4.78, 5) is 15.1. The lowest BCUT2D eigenvalue weighted by Crippen LogP contribution is -2.48. The van der Waals surface area contributed by atoms with Gasteiger partial charge in [0, 0.05) is 32.9 Å². The zero-order chi connectivity index (χ0) is 19.1. The molecule has 1 saturated heterocycles. The van der Waals surface area contributed by atoms with E-state index in [4.69, 9.17) is 4.74 Å². The van der Waals surface area contributed by atoms with Gasteiger partial charge in [0.2, 0.25) is 5.91 Å². The minimum absolute atomic E-state index is 0.0344. The molecule has 1 N–H and O–H groups in total. The Hall–Kier alpha value is -2.77. The van der Waals surface area contributed by atoms with Gasteiger partial charge in [0.1, 0.15) is 0 Å². The van der Waals surface area contributed by atoms with Gasteiger partial charge in [-0.3, -0.25) is 4.79 Å². The summed E-state index contributed by atoms with van der Waals surface area (Å²) in [6.45, 7) is 1.53. The third kappa shape index (κ3) is 4.32. The fourth-order valence-corrected chi connectivity index (χ4v) is 3.53. The van der Waals surface area contributed by atoms with Crippen molar-refractivity contribution in [2.24, 2.45) is 0 Å². The first-order chi connectivity index (χ1) is 13.1. The van der Waals surface area contributed by atoms with Crippen LogP contribution in [0.1, 0.15) is 24.0 Å². The Morgan fingerprint density at radius 3 is 2.44 bits per heavy atom. The SMILES string of the molecule is CN(C)c1ccccc1C#CCNC(=O)C1(c2ccccc2)CCOCC1. The molecular weight excluding hydrogens is 336 g/mol. The zero-order valence-electron chi connectivity index (χ0n) is 16.0. The molecule has 1 heterocycles. The van der Waals surface area contributed by atoms with Gasteiger partial charge < -0.3 is 15.0 Å². The van der Waals surface area contributed by atoms with Crippen molar-refractivity contribution in [3.8, 4) is 11.8 Å². The predicted octanol–water partition coefficient (Wildman–Crippen LogP) is 2.97. The van der Waals surface area contributed by atoms with E-state index in [-0.39, 0.29) is 5.91 Å². The van der Waals surface area contributed by atoms with Crippen LogP contribution in [0, 0.1) is 11.8 Å². The van der Waals surface area contributed by atoms with E-state index >= 15 is 0 Å². The lowest BCUT2D eigenvalue weighted by molar-refractivity contribution is -0.130. The molecule has 27 heavy (non-hydrogen) atoms. The van der Waals surface area contributed by atoms with E-state index in [1.807, 2.05) is 73.6 Å². The molecule has 0 spiro atoms. The highest BCUT2D eigenvalue weighted by Gasteiger charge is 2.41. The van der Waals surface area contributed by atoms with Crippen LogP contribution in [0.5, 0.6) is 0 Å². The van der Waals surface area contributed by atoms with Gasteiger partial charge in [0.25, 0.3) is 0 Å². The quantitative estimate of drug-likeness (QED) is 0.851. The fourth-order valence-electron chi connectivity index (χ4n) is 3.53. The van der Waals surface area contributed by atoms with Crippen molar-refractivity contribution in [2.75, 3.05) is 38.8 Å². The summed E-state index contributed by atoms with van der Waals surface area (Å²) < 4.78 is 5.50. The number of para-hydroxylation sites is 1. The number of amides is 1. The second kappa shape index (κ2) is 8.75. The maximum atomic E-state index is 13.1. The molecule has 2 aromatic carbocycles. The first kappa shape index (κ1) is 19.0. The lowest BCUT2D eigenvalue weighted by atomic mass is 9.73. The predicted molar refractivity (Wildman–Crippen MR) is 109 cm³/mol. The summed E-state index contributed by atoms with van der Waals surface area (Å²) in [6, 6.07) is 18.0. The lowest BCUT2D eigenvalue weighted by Gasteiger charge is -2.36. The molecule has 0 bridgehead atoms. The monoisotopic (exact) mass is 362 g/mol. The van der Waals surface area contributed by atoms with Crippen LogP contribution in [-0.4, -0.2) is 39.8 Å². The van der Waals surface area contributed by atoms with Gasteiger partial charge in [0.15, 0.2) is 0 Å². The Bertz CT molecular complexity index is 828. The molecule has 140 valence electrons. The molecule has 1 aliphatic rings. The molecule has 0 aromatic heterocycles. The fraction of sp³-hybridized carbons (Fsp3) is 0.348. The van der Waals surface area contributed by atoms with Crippen LogP contribution in [0.25, 0.3) is 0 Å². The van der Waals surface area contributed by atoms with Crippen LogP contribution in [0.2, 0.25) is 0 Å². The van der Waals surface area contributed by atoms with E-state index < -0.39 is 5.41 Å². The maximum absolute atomic E-state index is 13.1. The topological polar surface area (TPSA) is 41.6 Å². The maximum Gasteiger partial charge on any atom is 0.231 e. The normalized spacial score (nSPS) is 15.3. The Kier molecular flexibility index (Phi) is 6.16. The van der Waals surface area contributed by atoms with Crippen LogP contribution in [-0.2, 0) is 14.9 Å². The Balaban J connectivity index is 1.72. The molecule has 0 atom stereocenters. The minimum atomic E-state index is -0.525. The molecule has 1 aliphatic heterocycles. The molecule has 3 rings (SSSR count). The summed E-state index contributed by atoms with van der Waals surface area (Å²) in [5.41, 5.74) is 2.56. The van der Waals surface area contributed by atoms with Gasteiger partial charge >= 0.3 is 0 Å². The van der Waals surface area contributed by atoms with Gasteiger partial charge in [0.05, 0.1) is 17.6 Å². The number of benzene rings is 2. The molecule has 4 nitrogen and oxygen atoms in total. The van der Waals surface area contributed by atoms with Crippen molar-refractivity contribution in [3.05, 3.63) is 65.7 Å². The van der Waals surface area contributed by atoms with E-state index in [0.29, 0.717) is 32.6 Å². The molecule has 0 aliphatic carbocycles. The minimum Gasteiger partial charge on any atom is -0.381 e. The van der Waals surface area contributed by atoms with E-state index in [9.17, 15) is 4.79 Å². The van der Waals surface area contributed by atoms with Gasteiger partial charge in [-0.05, 0) is 30.5 Å². The third-order valence-corrected chi connectivity index (χ3v) is 5.05. The number of carbonyl (C=O) groups excluding carboxylic acids is 1. The number of hydrogen-bond acceptors (Lipinski definition) is 3. The molecular formula is C23H26N2O2. The highest BCUT2D eigenvalue weighted by molar-refractivity contribution is 5.88. The van der Waals surface area contributed by atoms with Crippen molar-refractivity contribution in [1.29, 1.82) is 0 Å². The highest BCUT2D eigenvalue weighted by atomic mass is 16.5. The summed E-state index contributed by atoms with van der Waals surface area (Å²) in [6.07, 6.45) is 1.39. The molecule has 4 heteroatoms. The number of rotatable bonds is 4. The molecule has 0 unspecified atom stereocenters. The molecule has 2 aromatic rings. The van der Waals surface area contributed by atoms with Crippen LogP contribution >= 0.6 is 0 Å². The number of nitrogens with zero attached hydrogens (tertiary/aromatic N) is 1. The van der Waals surface area contributed by atoms with E-state index in [2.05, 4.69) is 17.2 Å². The van der Waals surface area contributed by atoms with Crippen molar-refractivity contribution in [1.82, 2.24) is 5.32 Å². The Morgan fingerprint density at radius 2 is 1.74 bits per heavy atom. The number of hydrogen-bond donors (Lipinski definition) is 1. The van der Waals surface area contributed by atoms with Crippen LogP contribution in [0.4, 0.5) is 5.69 Å². The van der Waals surface area contributed by atoms with Gasteiger partial charge in [-0.2, -0.15) is 0 Å². The van der Waals surface area contributed by atoms with Crippen molar-refractivity contribution in [2.45, 2.75) is 18.3 Å². The van der Waals surface area contributed by atoms with Crippen molar-refractivity contribution < 1.29 is 9.53 Å². The van der Waals surface area contributed by atoms with Crippen LogP contribution in [0.15, 0.2) is 54.6 Å². The summed E-state index contributed by atoms with van der Waals surface area (Å²) >= 11 is 0. The van der Waals surface area contributed by atoms with Crippen LogP contribution in [0.3, 0.4) is 0 Å².